The third-order valence-corrected chi connectivity index (χ3v) is 3.87. The summed E-state index contributed by atoms with van der Waals surface area (Å²) in [7, 11) is 0. The fourth-order valence-electron chi connectivity index (χ4n) is 2.21. The van der Waals surface area contributed by atoms with E-state index in [4.69, 9.17) is 10.5 Å². The Morgan fingerprint density at radius 3 is 2.50 bits per heavy atom. The highest BCUT2D eigenvalue weighted by Crippen LogP contribution is 2.21. The molecule has 0 atom stereocenters. The molecule has 0 unspecified atom stereocenters. The van der Waals surface area contributed by atoms with Gasteiger partial charge >= 0.3 is 11.9 Å². The van der Waals surface area contributed by atoms with E-state index in [1.165, 1.54) is 0 Å². The summed E-state index contributed by atoms with van der Waals surface area (Å²) in [4.78, 5) is 35.0. The van der Waals surface area contributed by atoms with Crippen molar-refractivity contribution in [3.05, 3.63) is 54.4 Å². The zero-order chi connectivity index (χ0) is 19.7. The van der Waals surface area contributed by atoms with E-state index < -0.39 is 18.5 Å². The summed E-state index contributed by atoms with van der Waals surface area (Å²) >= 11 is 0. The normalized spacial score (nSPS) is 12.7. The van der Waals surface area contributed by atoms with Crippen LogP contribution in [0.25, 0.3) is 0 Å². The van der Waals surface area contributed by atoms with Crippen LogP contribution >= 0.6 is 0 Å². The van der Waals surface area contributed by atoms with E-state index in [2.05, 4.69) is 17.9 Å². The molecule has 2 rings (SSSR count). The molecule has 0 aromatic heterocycles. The second-order valence-electron chi connectivity index (χ2n) is 5.57. The van der Waals surface area contributed by atoms with Crippen LogP contribution in [0.5, 0.6) is 0 Å². The Morgan fingerprint density at radius 2 is 2.00 bits per heavy atom. The number of amides is 1. The summed E-state index contributed by atoms with van der Waals surface area (Å²) < 4.78 is 9.19. The van der Waals surface area contributed by atoms with Crippen molar-refractivity contribution in [1.29, 1.82) is 0 Å². The van der Waals surface area contributed by atoms with Crippen LogP contribution < -0.4 is 5.73 Å². The number of aryl methyl sites for hydroxylation is 1. The van der Waals surface area contributed by atoms with Gasteiger partial charge in [0.05, 0.1) is 11.8 Å². The zero-order valence-electron chi connectivity index (χ0n) is 15.1. The Kier molecular flexibility index (Phi) is 8.08. The average Bonchev–Trinajstić information content (AvgIpc) is 3.03. The van der Waals surface area contributed by atoms with Crippen molar-refractivity contribution in [2.75, 3.05) is 18.9 Å². The number of anilines is 1. The van der Waals surface area contributed by atoms with Crippen molar-refractivity contribution in [1.82, 2.24) is 4.90 Å². The minimum absolute atomic E-state index is 0.208. The molecule has 1 aliphatic rings. The standard InChI is InChI=1S/C13H15NO4.C6H9NO/c1-4-17-11(15)7-18-13(16)10-6-5-8(2)9(3)12(10)14;1-2-7-5-3-4-6(7)8/h4-6H,1,7,14H2,2-3H3;2H,1,3-5H2. The highest BCUT2D eigenvalue weighted by atomic mass is 16.6. The van der Waals surface area contributed by atoms with E-state index in [-0.39, 0.29) is 11.5 Å². The molecule has 0 spiro atoms. The number of benzene rings is 1. The molecular weight excluding hydrogens is 336 g/mol. The lowest BCUT2D eigenvalue weighted by Crippen LogP contribution is -2.16. The molecule has 0 saturated carbocycles. The molecule has 1 amide bonds. The summed E-state index contributed by atoms with van der Waals surface area (Å²) in [6, 6.07) is 3.34. The first-order valence-corrected chi connectivity index (χ1v) is 8.07. The number of carbonyl (C=O) groups is 3. The number of carbonyl (C=O) groups excluding carboxylic acids is 3. The molecule has 2 N–H and O–H groups in total. The Balaban J connectivity index is 0.000000350. The van der Waals surface area contributed by atoms with Crippen LogP contribution in [0.3, 0.4) is 0 Å². The minimum atomic E-state index is -0.694. The molecule has 0 radical (unpaired) electrons. The Labute approximate surface area is 153 Å². The van der Waals surface area contributed by atoms with Crippen LogP contribution in [0.1, 0.15) is 34.3 Å². The van der Waals surface area contributed by atoms with E-state index >= 15 is 0 Å². The van der Waals surface area contributed by atoms with Gasteiger partial charge in [0.1, 0.15) is 0 Å². The van der Waals surface area contributed by atoms with Gasteiger partial charge in [-0.15, -0.1) is 0 Å². The Hall–Kier alpha value is -3.09. The summed E-state index contributed by atoms with van der Waals surface area (Å²) in [5, 5.41) is 0. The molecule has 1 heterocycles. The average molecular weight is 360 g/mol. The predicted molar refractivity (Wildman–Crippen MR) is 98.0 cm³/mol. The molecule has 0 aliphatic carbocycles. The highest BCUT2D eigenvalue weighted by Gasteiger charge is 2.16. The van der Waals surface area contributed by atoms with Crippen molar-refractivity contribution in [3.8, 4) is 0 Å². The first-order valence-electron chi connectivity index (χ1n) is 8.07. The fourth-order valence-corrected chi connectivity index (χ4v) is 2.21. The van der Waals surface area contributed by atoms with E-state index in [0.717, 1.165) is 30.4 Å². The third-order valence-electron chi connectivity index (χ3n) is 3.87. The quantitative estimate of drug-likeness (QED) is 0.492. The SMILES string of the molecule is C=CN1CCCC1=O.C=COC(=O)COC(=O)c1ccc(C)c(C)c1N. The van der Waals surface area contributed by atoms with Gasteiger partial charge in [-0.1, -0.05) is 19.2 Å². The Bertz CT molecular complexity index is 712. The number of ether oxygens (including phenoxy) is 2. The molecule has 7 nitrogen and oxygen atoms in total. The lowest BCUT2D eigenvalue weighted by atomic mass is 10.0. The molecular formula is C19H24N2O5. The molecule has 1 saturated heterocycles. The van der Waals surface area contributed by atoms with Crippen LogP contribution in [0, 0.1) is 13.8 Å². The second-order valence-corrected chi connectivity index (χ2v) is 5.57. The first-order chi connectivity index (χ1) is 12.3. The van der Waals surface area contributed by atoms with Gasteiger partial charge in [-0.25, -0.2) is 9.59 Å². The molecule has 0 bridgehead atoms. The smallest absolute Gasteiger partial charge is 0.349 e. The number of rotatable bonds is 5. The van der Waals surface area contributed by atoms with Crippen LogP contribution in [0.15, 0.2) is 37.8 Å². The monoisotopic (exact) mass is 360 g/mol. The molecule has 26 heavy (non-hydrogen) atoms. The van der Waals surface area contributed by atoms with E-state index in [9.17, 15) is 14.4 Å². The van der Waals surface area contributed by atoms with Crippen molar-refractivity contribution in [3.63, 3.8) is 0 Å². The summed E-state index contributed by atoms with van der Waals surface area (Å²) in [5.41, 5.74) is 8.21. The maximum Gasteiger partial charge on any atom is 0.349 e. The molecule has 1 aromatic rings. The molecule has 1 aromatic carbocycles. The van der Waals surface area contributed by atoms with Gasteiger partial charge < -0.3 is 20.1 Å². The molecule has 7 heteroatoms. The number of nitrogens with two attached hydrogens (primary N) is 1. The third kappa shape index (κ3) is 5.77. The molecule has 140 valence electrons. The van der Waals surface area contributed by atoms with E-state index in [0.29, 0.717) is 12.1 Å². The van der Waals surface area contributed by atoms with Gasteiger partial charge in [-0.05, 0) is 43.7 Å². The van der Waals surface area contributed by atoms with E-state index in [1.807, 2.05) is 13.8 Å². The van der Waals surface area contributed by atoms with Gasteiger partial charge in [-0.2, -0.15) is 0 Å². The summed E-state index contributed by atoms with van der Waals surface area (Å²) in [6.45, 7) is 10.8. The Morgan fingerprint density at radius 1 is 1.31 bits per heavy atom. The van der Waals surface area contributed by atoms with Crippen molar-refractivity contribution in [2.45, 2.75) is 26.7 Å². The maximum absolute atomic E-state index is 11.7. The highest BCUT2D eigenvalue weighted by molar-refractivity contribution is 5.96. The van der Waals surface area contributed by atoms with Crippen molar-refractivity contribution < 1.29 is 23.9 Å². The fraction of sp³-hybridized carbons (Fsp3) is 0.316. The number of nitrogens with zero attached hydrogens (tertiary/aromatic N) is 1. The van der Waals surface area contributed by atoms with Gasteiger partial charge in [0.2, 0.25) is 5.91 Å². The molecule has 1 aliphatic heterocycles. The minimum Gasteiger partial charge on any atom is -0.450 e. The second kappa shape index (κ2) is 10.0. The van der Waals surface area contributed by atoms with Gasteiger partial charge in [0.15, 0.2) is 6.61 Å². The number of esters is 2. The summed E-state index contributed by atoms with van der Waals surface area (Å²) in [5.74, 6) is -1.14. The van der Waals surface area contributed by atoms with Gasteiger partial charge in [0.25, 0.3) is 0 Å². The van der Waals surface area contributed by atoms with Gasteiger partial charge in [0, 0.05) is 18.7 Å². The predicted octanol–water partition coefficient (Wildman–Crippen LogP) is 2.48. The van der Waals surface area contributed by atoms with E-state index in [1.54, 1.807) is 23.2 Å². The largest absolute Gasteiger partial charge is 0.450 e. The van der Waals surface area contributed by atoms with Crippen LogP contribution in [0.2, 0.25) is 0 Å². The van der Waals surface area contributed by atoms with Crippen molar-refractivity contribution >= 4 is 23.5 Å². The number of hydrogen-bond donors (Lipinski definition) is 1. The number of nitrogen functional groups attached to an aromatic ring is 1. The first kappa shape index (κ1) is 21.0. The lowest BCUT2D eigenvalue weighted by molar-refractivity contribution is -0.141. The number of hydrogen-bond acceptors (Lipinski definition) is 6. The van der Waals surface area contributed by atoms with Crippen molar-refractivity contribution in [2.24, 2.45) is 0 Å². The van der Waals surface area contributed by atoms with Gasteiger partial charge in [-0.3, -0.25) is 4.79 Å². The van der Waals surface area contributed by atoms with Crippen LogP contribution in [-0.2, 0) is 19.1 Å². The molecule has 1 fully saturated rings. The maximum atomic E-state index is 11.7. The number of likely N-dealkylation sites (tertiary alicyclic amines) is 1. The zero-order valence-corrected chi connectivity index (χ0v) is 15.1. The van der Waals surface area contributed by atoms with Crippen LogP contribution in [-0.4, -0.2) is 35.9 Å². The van der Waals surface area contributed by atoms with Crippen LogP contribution in [0.4, 0.5) is 5.69 Å². The lowest BCUT2D eigenvalue weighted by Gasteiger charge is -2.10. The summed E-state index contributed by atoms with van der Waals surface area (Å²) in [6.07, 6.45) is 4.26. The topological polar surface area (TPSA) is 98.9 Å².